The number of nitrogens with one attached hydrogen (secondary N) is 1. The molecule has 1 unspecified atom stereocenters. The Labute approximate surface area is 133 Å². The van der Waals surface area contributed by atoms with Crippen LogP contribution in [0, 0.1) is 6.92 Å². The van der Waals surface area contributed by atoms with Crippen LogP contribution in [-0.2, 0) is 6.42 Å². The molecule has 106 valence electrons. The Balaban J connectivity index is 1.75. The first-order valence-electron chi connectivity index (χ1n) is 7.24. The molecule has 0 aliphatic heterocycles. The largest absolute Gasteiger partial charge is 0.313 e. The molecule has 1 aliphatic carbocycles. The molecular formula is C17H20BrNS. The van der Waals surface area contributed by atoms with Gasteiger partial charge >= 0.3 is 0 Å². The van der Waals surface area contributed by atoms with Gasteiger partial charge in [-0.1, -0.05) is 29.8 Å². The van der Waals surface area contributed by atoms with Gasteiger partial charge in [0.05, 0.1) is 0 Å². The van der Waals surface area contributed by atoms with Crippen LogP contribution in [0.4, 0.5) is 0 Å². The lowest BCUT2D eigenvalue weighted by atomic mass is 9.94. The van der Waals surface area contributed by atoms with Crippen molar-refractivity contribution in [1.29, 1.82) is 0 Å². The highest BCUT2D eigenvalue weighted by Gasteiger charge is 2.23. The summed E-state index contributed by atoms with van der Waals surface area (Å²) in [6.07, 6.45) is 3.81. The molecule has 1 N–H and O–H groups in total. The first kappa shape index (κ1) is 14.3. The number of benzene rings is 1. The molecule has 1 aliphatic rings. The first-order valence-corrected chi connectivity index (χ1v) is 8.91. The summed E-state index contributed by atoms with van der Waals surface area (Å²) in [5, 5.41) is 5.86. The van der Waals surface area contributed by atoms with Gasteiger partial charge in [-0.15, -0.1) is 11.3 Å². The second kappa shape index (κ2) is 6.42. The fourth-order valence-corrected chi connectivity index (χ4v) is 4.03. The summed E-state index contributed by atoms with van der Waals surface area (Å²) in [5.41, 5.74) is 2.78. The van der Waals surface area contributed by atoms with Crippen molar-refractivity contribution in [1.82, 2.24) is 5.32 Å². The maximum absolute atomic E-state index is 3.69. The molecule has 1 atom stereocenters. The quantitative estimate of drug-likeness (QED) is 0.782. The Hall–Kier alpha value is -0.640. The lowest BCUT2D eigenvalue weighted by molar-refractivity contribution is 0.579. The van der Waals surface area contributed by atoms with Crippen LogP contribution < -0.4 is 5.32 Å². The van der Waals surface area contributed by atoms with Gasteiger partial charge < -0.3 is 5.32 Å². The van der Waals surface area contributed by atoms with Crippen molar-refractivity contribution in [2.75, 3.05) is 6.54 Å². The van der Waals surface area contributed by atoms with Crippen molar-refractivity contribution in [3.63, 3.8) is 0 Å². The van der Waals surface area contributed by atoms with E-state index in [2.05, 4.69) is 63.9 Å². The summed E-state index contributed by atoms with van der Waals surface area (Å²) < 4.78 is 1.26. The van der Waals surface area contributed by atoms with Crippen LogP contribution in [0.25, 0.3) is 0 Å². The highest BCUT2D eigenvalue weighted by atomic mass is 79.9. The SMILES string of the molecule is Cc1ccc(C(CNC2CC2)Cc2sccc2Br)cc1. The third-order valence-electron chi connectivity index (χ3n) is 3.90. The standard InChI is InChI=1S/C17H20BrNS/c1-12-2-4-13(5-3-12)14(11-19-15-6-7-15)10-17-16(18)8-9-20-17/h2-5,8-9,14-15,19H,6-7,10-11H2,1H3. The van der Waals surface area contributed by atoms with E-state index < -0.39 is 0 Å². The first-order chi connectivity index (χ1) is 9.72. The van der Waals surface area contributed by atoms with Gasteiger partial charge in [0.1, 0.15) is 0 Å². The lowest BCUT2D eigenvalue weighted by Crippen LogP contribution is -2.24. The molecule has 1 aromatic heterocycles. The summed E-state index contributed by atoms with van der Waals surface area (Å²) in [4.78, 5) is 1.45. The Morgan fingerprint density at radius 3 is 2.60 bits per heavy atom. The van der Waals surface area contributed by atoms with E-state index in [0.29, 0.717) is 5.92 Å². The van der Waals surface area contributed by atoms with E-state index in [1.54, 1.807) is 0 Å². The van der Waals surface area contributed by atoms with Crippen molar-refractivity contribution < 1.29 is 0 Å². The maximum Gasteiger partial charge on any atom is 0.0314 e. The second-order valence-corrected chi connectivity index (χ2v) is 7.54. The number of hydrogen-bond donors (Lipinski definition) is 1. The molecule has 0 saturated heterocycles. The summed E-state index contributed by atoms with van der Waals surface area (Å²) in [5.74, 6) is 0.561. The van der Waals surface area contributed by atoms with E-state index in [1.807, 2.05) is 11.3 Å². The van der Waals surface area contributed by atoms with Crippen LogP contribution in [-0.4, -0.2) is 12.6 Å². The third-order valence-corrected chi connectivity index (χ3v) is 5.85. The topological polar surface area (TPSA) is 12.0 Å². The van der Waals surface area contributed by atoms with E-state index in [1.165, 1.54) is 33.3 Å². The number of halogens is 1. The van der Waals surface area contributed by atoms with Crippen molar-refractivity contribution in [3.05, 3.63) is 56.2 Å². The molecule has 1 saturated carbocycles. The van der Waals surface area contributed by atoms with Gasteiger partial charge in [-0.2, -0.15) is 0 Å². The molecule has 20 heavy (non-hydrogen) atoms. The minimum Gasteiger partial charge on any atom is -0.313 e. The average Bonchev–Trinajstić information content (AvgIpc) is 3.19. The van der Waals surface area contributed by atoms with Crippen molar-refractivity contribution in [2.24, 2.45) is 0 Å². The zero-order chi connectivity index (χ0) is 13.9. The fraction of sp³-hybridized carbons (Fsp3) is 0.412. The molecule has 1 fully saturated rings. The molecular weight excluding hydrogens is 330 g/mol. The van der Waals surface area contributed by atoms with E-state index in [-0.39, 0.29) is 0 Å². The molecule has 3 heteroatoms. The minimum atomic E-state index is 0.561. The van der Waals surface area contributed by atoms with Crippen molar-refractivity contribution >= 4 is 27.3 Å². The predicted molar refractivity (Wildman–Crippen MR) is 90.7 cm³/mol. The molecule has 0 amide bonds. The minimum absolute atomic E-state index is 0.561. The molecule has 0 bridgehead atoms. The zero-order valence-electron chi connectivity index (χ0n) is 11.7. The van der Waals surface area contributed by atoms with Crippen LogP contribution in [0.5, 0.6) is 0 Å². The van der Waals surface area contributed by atoms with E-state index in [4.69, 9.17) is 0 Å². The van der Waals surface area contributed by atoms with E-state index in [9.17, 15) is 0 Å². The van der Waals surface area contributed by atoms with E-state index >= 15 is 0 Å². The van der Waals surface area contributed by atoms with Gasteiger partial charge in [0.15, 0.2) is 0 Å². The monoisotopic (exact) mass is 349 g/mol. The number of hydrogen-bond acceptors (Lipinski definition) is 2. The molecule has 1 heterocycles. The maximum atomic E-state index is 3.69. The number of thiophene rings is 1. The van der Waals surface area contributed by atoms with Gasteiger partial charge in [-0.05, 0) is 59.1 Å². The normalized spacial score (nSPS) is 16.3. The van der Waals surface area contributed by atoms with Gasteiger partial charge in [0.2, 0.25) is 0 Å². The van der Waals surface area contributed by atoms with Gasteiger partial charge in [-0.25, -0.2) is 0 Å². The molecule has 2 aromatic rings. The van der Waals surface area contributed by atoms with Gasteiger partial charge in [0, 0.05) is 27.9 Å². The molecule has 3 rings (SSSR count). The van der Waals surface area contributed by atoms with Crippen molar-refractivity contribution in [2.45, 2.75) is 38.1 Å². The number of rotatable bonds is 6. The summed E-state index contributed by atoms with van der Waals surface area (Å²) in [7, 11) is 0. The fourth-order valence-electron chi connectivity index (χ4n) is 2.44. The second-order valence-electron chi connectivity index (χ2n) is 5.69. The van der Waals surface area contributed by atoms with Crippen LogP contribution in [0.2, 0.25) is 0 Å². The van der Waals surface area contributed by atoms with Crippen molar-refractivity contribution in [3.8, 4) is 0 Å². The van der Waals surface area contributed by atoms with Crippen LogP contribution in [0.3, 0.4) is 0 Å². The molecule has 0 spiro atoms. The Bertz CT molecular complexity index is 557. The molecule has 1 nitrogen and oxygen atoms in total. The molecule has 0 radical (unpaired) electrons. The summed E-state index contributed by atoms with van der Waals surface area (Å²) in [6, 6.07) is 12.0. The molecule has 1 aromatic carbocycles. The lowest BCUT2D eigenvalue weighted by Gasteiger charge is -2.18. The van der Waals surface area contributed by atoms with Gasteiger partial charge in [-0.3, -0.25) is 0 Å². The Morgan fingerprint density at radius 2 is 2.00 bits per heavy atom. The van der Waals surface area contributed by atoms with E-state index in [0.717, 1.165) is 19.0 Å². The Morgan fingerprint density at radius 1 is 1.25 bits per heavy atom. The Kier molecular flexibility index (Phi) is 4.59. The van der Waals surface area contributed by atoms with Crippen LogP contribution in [0.15, 0.2) is 40.2 Å². The smallest absolute Gasteiger partial charge is 0.0314 e. The number of aryl methyl sites for hydroxylation is 1. The highest BCUT2D eigenvalue weighted by Crippen LogP contribution is 2.30. The zero-order valence-corrected chi connectivity index (χ0v) is 14.1. The average molecular weight is 350 g/mol. The summed E-state index contributed by atoms with van der Waals surface area (Å²) in [6.45, 7) is 3.23. The van der Waals surface area contributed by atoms with Gasteiger partial charge in [0.25, 0.3) is 0 Å². The third kappa shape index (κ3) is 3.72. The van der Waals surface area contributed by atoms with Crippen LogP contribution >= 0.6 is 27.3 Å². The van der Waals surface area contributed by atoms with Crippen LogP contribution in [0.1, 0.15) is 34.8 Å². The predicted octanol–water partition coefficient (Wildman–Crippen LogP) is 4.90. The summed E-state index contributed by atoms with van der Waals surface area (Å²) >= 11 is 5.51. The highest BCUT2D eigenvalue weighted by molar-refractivity contribution is 9.10.